The fourth-order valence-corrected chi connectivity index (χ4v) is 0. The van der Waals surface area contributed by atoms with Crippen molar-refractivity contribution < 1.29 is 24.9 Å². The van der Waals surface area contributed by atoms with Crippen molar-refractivity contribution in [2.24, 2.45) is 0 Å². The number of hydrogen-bond donors (Lipinski definition) is 3. The van der Waals surface area contributed by atoms with Crippen LogP contribution in [0.5, 0.6) is 0 Å². The molecule has 0 rings (SSSR count). The first kappa shape index (κ1) is 22.6. The van der Waals surface area contributed by atoms with Crippen LogP contribution in [0.2, 0.25) is 0 Å². The van der Waals surface area contributed by atoms with Crippen LogP contribution >= 0.6 is 0 Å². The zero-order chi connectivity index (χ0) is 7.15. The summed E-state index contributed by atoms with van der Waals surface area (Å²) >= 11 is 0. The third-order valence-electron chi connectivity index (χ3n) is 0. The van der Waals surface area contributed by atoms with Gasteiger partial charge in [0, 0.05) is 6.92 Å². The number of aliphatic carboxylic acids is 1. The molecule has 5 nitrogen and oxygen atoms in total. The monoisotopic (exact) mass is 182 g/mol. The lowest BCUT2D eigenvalue weighted by Gasteiger charge is -1.60. The van der Waals surface area contributed by atoms with Crippen LogP contribution in [0, 0.1) is 0 Å². The van der Waals surface area contributed by atoms with E-state index in [0.717, 1.165) is 6.92 Å². The van der Waals surface area contributed by atoms with Gasteiger partial charge < -0.3 is 15.3 Å². The van der Waals surface area contributed by atoms with Crippen molar-refractivity contribution in [1.29, 1.82) is 0 Å². The molecule has 0 saturated carbocycles. The molecule has 0 aliphatic carbocycles. The molecule has 0 heterocycles. The second-order valence-electron chi connectivity index (χ2n) is 0.802. The van der Waals surface area contributed by atoms with Crippen molar-refractivity contribution >= 4 is 46.8 Å². The maximum absolute atomic E-state index is 9.00. The molecule has 7 heteroatoms. The number of hydrogen-bond acceptors (Lipinski definition) is 2. The quantitative estimate of drug-likeness (QED) is 0.374. The molecular formula is C3H12Al2O5. The summed E-state index contributed by atoms with van der Waals surface area (Å²) in [5.74, 6) is -0.833. The number of rotatable bonds is 0. The van der Waals surface area contributed by atoms with E-state index in [1.807, 2.05) is 0 Å². The van der Waals surface area contributed by atoms with Crippen LogP contribution < -0.4 is 0 Å². The largest absolute Gasteiger partial charge is 0.503 e. The number of carbonyl (C=O) groups is 2. The predicted octanol–water partition coefficient (Wildman–Crippen LogP) is -2.05. The average Bonchev–Trinajstić information content (AvgIpc) is 1.25. The molecule has 0 saturated heterocycles. The first-order valence-corrected chi connectivity index (χ1v) is 1.58. The van der Waals surface area contributed by atoms with Gasteiger partial charge in [-0.15, -0.1) is 0 Å². The molecule has 0 aromatic rings. The maximum Gasteiger partial charge on any atom is 0.503 e. The average molecular weight is 182 g/mol. The normalized spacial score (nSPS) is 4.90. The van der Waals surface area contributed by atoms with E-state index in [1.165, 1.54) is 0 Å². The predicted molar refractivity (Wildman–Crippen MR) is 43.8 cm³/mol. The highest BCUT2D eigenvalue weighted by Crippen LogP contribution is 1.43. The molecule has 10 heavy (non-hydrogen) atoms. The summed E-state index contributed by atoms with van der Waals surface area (Å²) in [5.41, 5.74) is 0. The molecule has 0 radical (unpaired) electrons. The van der Waals surface area contributed by atoms with E-state index in [4.69, 9.17) is 24.9 Å². The fourth-order valence-electron chi connectivity index (χ4n) is 0. The zero-order valence-corrected chi connectivity index (χ0v) is 4.16. The Kier molecular flexibility index (Phi) is 35.9. The second-order valence-corrected chi connectivity index (χ2v) is 0.802. The minimum Gasteiger partial charge on any atom is -0.481 e. The van der Waals surface area contributed by atoms with E-state index in [9.17, 15) is 0 Å². The van der Waals surface area contributed by atoms with Crippen molar-refractivity contribution in [1.82, 2.24) is 0 Å². The van der Waals surface area contributed by atoms with E-state index in [2.05, 4.69) is 0 Å². The van der Waals surface area contributed by atoms with Crippen LogP contribution in [-0.4, -0.2) is 62.2 Å². The molecular weight excluding hydrogens is 170 g/mol. The lowest BCUT2D eigenvalue weighted by atomic mass is 10.9. The van der Waals surface area contributed by atoms with Gasteiger partial charge in [-0.2, -0.15) is 0 Å². The van der Waals surface area contributed by atoms with Crippen molar-refractivity contribution in [3.8, 4) is 0 Å². The Bertz CT molecular complexity index is 72.9. The minimum absolute atomic E-state index is 0. The Labute approximate surface area is 78.9 Å². The highest BCUT2D eigenvalue weighted by atomic mass is 27.0. The Balaban J connectivity index is -0.0000000300. The fraction of sp³-hybridized carbons (Fsp3) is 0.333. The SMILES string of the molecule is CC(=O)O.O=C(O)O.[AlH3].[AlH3]. The lowest BCUT2D eigenvalue weighted by molar-refractivity contribution is -0.134. The Hall–Kier alpha value is -0.195. The molecule has 0 atom stereocenters. The van der Waals surface area contributed by atoms with Crippen LogP contribution in [0.3, 0.4) is 0 Å². The van der Waals surface area contributed by atoms with Crippen LogP contribution in [0.25, 0.3) is 0 Å². The van der Waals surface area contributed by atoms with Crippen molar-refractivity contribution in [2.75, 3.05) is 0 Å². The molecule has 3 N–H and O–H groups in total. The minimum atomic E-state index is -1.83. The number of carboxylic acids is 1. The second kappa shape index (κ2) is 15.9. The molecule has 60 valence electrons. The highest BCUT2D eigenvalue weighted by molar-refractivity contribution is 5.76. The van der Waals surface area contributed by atoms with Crippen LogP contribution in [0.15, 0.2) is 0 Å². The summed E-state index contributed by atoms with van der Waals surface area (Å²) in [7, 11) is 0. The van der Waals surface area contributed by atoms with Gasteiger partial charge in [0.15, 0.2) is 34.7 Å². The summed E-state index contributed by atoms with van der Waals surface area (Å²) in [6, 6.07) is 0. The Morgan fingerprint density at radius 2 is 1.00 bits per heavy atom. The van der Waals surface area contributed by atoms with Crippen LogP contribution in [-0.2, 0) is 4.79 Å². The summed E-state index contributed by atoms with van der Waals surface area (Å²) in [6.45, 7) is 1.08. The van der Waals surface area contributed by atoms with Gasteiger partial charge in [0.05, 0.1) is 0 Å². The molecule has 0 bridgehead atoms. The van der Waals surface area contributed by atoms with Gasteiger partial charge in [-0.1, -0.05) is 0 Å². The lowest BCUT2D eigenvalue weighted by Crippen LogP contribution is -1.81. The van der Waals surface area contributed by atoms with Gasteiger partial charge in [-0.3, -0.25) is 4.79 Å². The molecule has 0 unspecified atom stereocenters. The van der Waals surface area contributed by atoms with E-state index < -0.39 is 12.1 Å². The number of carboxylic acid groups (broad SMARTS) is 3. The first-order chi connectivity index (χ1) is 3.46. The maximum atomic E-state index is 9.00. The van der Waals surface area contributed by atoms with Gasteiger partial charge in [0.1, 0.15) is 0 Å². The van der Waals surface area contributed by atoms with Gasteiger partial charge in [-0.05, 0) is 0 Å². The third-order valence-corrected chi connectivity index (χ3v) is 0. The summed E-state index contributed by atoms with van der Waals surface area (Å²) in [4.78, 5) is 17.6. The van der Waals surface area contributed by atoms with E-state index in [0.29, 0.717) is 0 Å². The summed E-state index contributed by atoms with van der Waals surface area (Å²) < 4.78 is 0. The zero-order valence-electron chi connectivity index (χ0n) is 4.16. The molecule has 0 amide bonds. The van der Waals surface area contributed by atoms with Crippen molar-refractivity contribution in [3.05, 3.63) is 0 Å². The molecule has 0 aromatic carbocycles. The van der Waals surface area contributed by atoms with Gasteiger partial charge >= 0.3 is 6.16 Å². The topological polar surface area (TPSA) is 94.8 Å². The summed E-state index contributed by atoms with van der Waals surface area (Å²) in [5, 5.41) is 21.4. The van der Waals surface area contributed by atoms with Gasteiger partial charge in [-0.25, -0.2) is 4.79 Å². The first-order valence-electron chi connectivity index (χ1n) is 1.58. The van der Waals surface area contributed by atoms with Gasteiger partial charge in [0.2, 0.25) is 0 Å². The van der Waals surface area contributed by atoms with E-state index >= 15 is 0 Å². The molecule has 0 aliphatic rings. The summed E-state index contributed by atoms with van der Waals surface area (Å²) in [6.07, 6.45) is -1.83. The molecule has 0 fully saturated rings. The van der Waals surface area contributed by atoms with Crippen molar-refractivity contribution in [2.45, 2.75) is 6.92 Å². The van der Waals surface area contributed by atoms with E-state index in [1.54, 1.807) is 0 Å². The van der Waals surface area contributed by atoms with Gasteiger partial charge in [0.25, 0.3) is 5.97 Å². The standard InChI is InChI=1S/C2H4O2.CH2O3.2Al.6H/c1-2(3)4;2-1(3)4;;;;;;;;/h1H3,(H,3,4);(H2,2,3,4);;;;;;;;. The molecule has 0 spiro atoms. The third kappa shape index (κ3) is 9500. The van der Waals surface area contributed by atoms with Crippen LogP contribution in [0.1, 0.15) is 6.92 Å². The highest BCUT2D eigenvalue weighted by Gasteiger charge is 1.70. The molecule has 0 aliphatic heterocycles. The Morgan fingerprint density at radius 3 is 1.00 bits per heavy atom. The van der Waals surface area contributed by atoms with E-state index in [-0.39, 0.29) is 34.7 Å². The Morgan fingerprint density at radius 1 is 1.00 bits per heavy atom. The smallest absolute Gasteiger partial charge is 0.481 e. The van der Waals surface area contributed by atoms with Crippen molar-refractivity contribution in [3.63, 3.8) is 0 Å². The molecule has 0 aromatic heterocycles. The van der Waals surface area contributed by atoms with Crippen LogP contribution in [0.4, 0.5) is 4.79 Å².